The number of likely N-dealkylation sites (tertiary alicyclic amines) is 1. The molecule has 3 amide bonds. The summed E-state index contributed by atoms with van der Waals surface area (Å²) in [7, 11) is 0. The van der Waals surface area contributed by atoms with Crippen molar-refractivity contribution in [3.8, 4) is 0 Å². The number of hydrogen-bond acceptors (Lipinski definition) is 5. The van der Waals surface area contributed by atoms with E-state index in [9.17, 15) is 14.4 Å². The minimum absolute atomic E-state index is 0.00761. The number of benzene rings is 2. The number of hydrogen-bond donors (Lipinski definition) is 1. The number of rotatable bonds is 5. The zero-order valence-electron chi connectivity index (χ0n) is 20.2. The minimum atomic E-state index is -0.930. The number of carbonyl (C=O) groups excluding carboxylic acids is 3. The molecule has 36 heavy (non-hydrogen) atoms. The molecule has 3 heterocycles. The molecule has 0 bridgehead atoms. The maximum atomic E-state index is 13.9. The molecule has 2 aromatic carbocycles. The molecule has 7 nitrogen and oxygen atoms in total. The lowest BCUT2D eigenvalue weighted by atomic mass is 9.95. The molecular formula is C28H29N3O4S. The summed E-state index contributed by atoms with van der Waals surface area (Å²) in [4.78, 5) is 44.3. The van der Waals surface area contributed by atoms with Crippen LogP contribution in [0.15, 0.2) is 72.1 Å². The van der Waals surface area contributed by atoms with Crippen molar-refractivity contribution in [3.63, 3.8) is 0 Å². The van der Waals surface area contributed by atoms with Crippen LogP contribution in [0.2, 0.25) is 0 Å². The van der Waals surface area contributed by atoms with Crippen LogP contribution in [0.25, 0.3) is 0 Å². The van der Waals surface area contributed by atoms with Gasteiger partial charge in [-0.15, -0.1) is 11.3 Å². The average Bonchev–Trinajstić information content (AvgIpc) is 3.57. The normalized spacial score (nSPS) is 18.9. The van der Waals surface area contributed by atoms with Crippen molar-refractivity contribution < 1.29 is 19.1 Å². The quantitative estimate of drug-likeness (QED) is 0.574. The number of nitrogens with one attached hydrogen (secondary N) is 1. The number of piperidine rings is 1. The summed E-state index contributed by atoms with van der Waals surface area (Å²) in [5.41, 5.74) is 1.45. The van der Waals surface area contributed by atoms with Crippen molar-refractivity contribution in [2.75, 3.05) is 19.7 Å². The average molecular weight is 504 g/mol. The highest BCUT2D eigenvalue weighted by molar-refractivity contribution is 7.12. The van der Waals surface area contributed by atoms with Crippen LogP contribution < -0.4 is 5.32 Å². The number of carbonyl (C=O) groups is 3. The van der Waals surface area contributed by atoms with Gasteiger partial charge in [0.2, 0.25) is 5.91 Å². The Balaban J connectivity index is 1.38. The van der Waals surface area contributed by atoms with Gasteiger partial charge in [0.05, 0.1) is 11.5 Å². The van der Waals surface area contributed by atoms with Crippen molar-refractivity contribution in [2.24, 2.45) is 0 Å². The van der Waals surface area contributed by atoms with E-state index in [0.717, 1.165) is 11.1 Å². The van der Waals surface area contributed by atoms with Crippen LogP contribution in [0.5, 0.6) is 0 Å². The summed E-state index contributed by atoms with van der Waals surface area (Å²) in [6.07, 6.45) is 0.897. The highest BCUT2D eigenvalue weighted by atomic mass is 32.1. The van der Waals surface area contributed by atoms with Crippen LogP contribution in [0, 0.1) is 6.92 Å². The molecule has 8 heteroatoms. The molecule has 1 N–H and O–H groups in total. The molecule has 2 aliphatic rings. The van der Waals surface area contributed by atoms with Crippen molar-refractivity contribution in [1.82, 2.24) is 15.1 Å². The largest absolute Gasteiger partial charge is 0.353 e. The first-order valence-corrected chi connectivity index (χ1v) is 13.0. The van der Waals surface area contributed by atoms with Crippen LogP contribution in [0.1, 0.15) is 44.0 Å². The Morgan fingerprint density at radius 3 is 2.39 bits per heavy atom. The van der Waals surface area contributed by atoms with E-state index in [0.29, 0.717) is 42.9 Å². The van der Waals surface area contributed by atoms with E-state index in [1.165, 1.54) is 11.3 Å². The monoisotopic (exact) mass is 503 g/mol. The van der Waals surface area contributed by atoms with Gasteiger partial charge in [-0.05, 0) is 35.6 Å². The molecule has 1 atom stereocenters. The second kappa shape index (κ2) is 10.2. The molecule has 186 valence electrons. The Morgan fingerprint density at radius 2 is 1.69 bits per heavy atom. The van der Waals surface area contributed by atoms with E-state index in [-0.39, 0.29) is 24.3 Å². The summed E-state index contributed by atoms with van der Waals surface area (Å²) in [5.74, 6) is -0.468. The molecule has 3 aromatic rings. The van der Waals surface area contributed by atoms with Gasteiger partial charge in [0.15, 0.2) is 0 Å². The molecule has 1 spiro atoms. The van der Waals surface area contributed by atoms with E-state index in [1.54, 1.807) is 15.9 Å². The van der Waals surface area contributed by atoms with Gasteiger partial charge in [0.25, 0.3) is 11.8 Å². The Hall–Kier alpha value is -3.49. The maximum absolute atomic E-state index is 13.9. The first-order valence-electron chi connectivity index (χ1n) is 12.2. The SMILES string of the molecule is Cc1ccccc1C(=O)N1[C@@H](C(=O)NCc2ccccc2)COC12CCN(C(=O)c1cccs1)CC2. The number of thiophene rings is 1. The Labute approximate surface area is 214 Å². The van der Waals surface area contributed by atoms with Crippen LogP contribution in [0.4, 0.5) is 0 Å². The number of amides is 3. The highest BCUT2D eigenvalue weighted by Crippen LogP contribution is 2.39. The summed E-state index contributed by atoms with van der Waals surface area (Å²) in [6, 6.07) is 20.0. The second-order valence-corrected chi connectivity index (χ2v) is 10.2. The summed E-state index contributed by atoms with van der Waals surface area (Å²) < 4.78 is 6.29. The van der Waals surface area contributed by atoms with Crippen LogP contribution in [-0.4, -0.2) is 59.0 Å². The zero-order valence-corrected chi connectivity index (χ0v) is 21.0. The standard InChI is InChI=1S/C28H29N3O4S/c1-20-8-5-6-11-22(20)26(33)31-23(25(32)29-18-21-9-3-2-4-10-21)19-35-28(31)13-15-30(16-14-28)27(34)24-12-7-17-36-24/h2-12,17,23H,13-16,18-19H2,1H3,(H,29,32)/t23-/m1/s1. The minimum Gasteiger partial charge on any atom is -0.353 e. The molecule has 2 saturated heterocycles. The highest BCUT2D eigenvalue weighted by Gasteiger charge is 2.54. The summed E-state index contributed by atoms with van der Waals surface area (Å²) in [5, 5.41) is 4.87. The first-order chi connectivity index (χ1) is 17.5. The van der Waals surface area contributed by atoms with E-state index >= 15 is 0 Å². The summed E-state index contributed by atoms with van der Waals surface area (Å²) >= 11 is 1.42. The topological polar surface area (TPSA) is 79.0 Å². The fourth-order valence-corrected chi connectivity index (χ4v) is 5.72. The van der Waals surface area contributed by atoms with Gasteiger partial charge >= 0.3 is 0 Å². The lowest BCUT2D eigenvalue weighted by molar-refractivity contribution is -0.128. The number of ether oxygens (including phenoxy) is 1. The van der Waals surface area contributed by atoms with Crippen molar-refractivity contribution >= 4 is 29.1 Å². The van der Waals surface area contributed by atoms with Gasteiger partial charge in [-0.3, -0.25) is 19.3 Å². The third-order valence-electron chi connectivity index (χ3n) is 7.03. The number of nitrogens with zero attached hydrogens (tertiary/aromatic N) is 2. The predicted octanol–water partition coefficient (Wildman–Crippen LogP) is 3.85. The lowest BCUT2D eigenvalue weighted by Crippen LogP contribution is -2.59. The van der Waals surface area contributed by atoms with E-state index in [4.69, 9.17) is 4.74 Å². The smallest absolute Gasteiger partial charge is 0.263 e. The molecule has 0 saturated carbocycles. The molecule has 2 aliphatic heterocycles. The third kappa shape index (κ3) is 4.66. The summed E-state index contributed by atoms with van der Waals surface area (Å²) in [6.45, 7) is 3.29. The van der Waals surface area contributed by atoms with Crippen LogP contribution in [-0.2, 0) is 16.1 Å². The van der Waals surface area contributed by atoms with Gasteiger partial charge < -0.3 is 15.0 Å². The maximum Gasteiger partial charge on any atom is 0.263 e. The molecule has 2 fully saturated rings. The van der Waals surface area contributed by atoms with Crippen molar-refractivity contribution in [2.45, 2.75) is 38.1 Å². The van der Waals surface area contributed by atoms with Gasteiger partial charge in [-0.25, -0.2) is 0 Å². The Kier molecular flexibility index (Phi) is 6.89. The third-order valence-corrected chi connectivity index (χ3v) is 7.89. The Morgan fingerprint density at radius 1 is 0.972 bits per heavy atom. The zero-order chi connectivity index (χ0) is 25.1. The predicted molar refractivity (Wildman–Crippen MR) is 138 cm³/mol. The molecule has 0 radical (unpaired) electrons. The van der Waals surface area contributed by atoms with Crippen molar-refractivity contribution in [1.29, 1.82) is 0 Å². The fraction of sp³-hybridized carbons (Fsp3) is 0.321. The molecule has 0 unspecified atom stereocenters. The first kappa shape index (κ1) is 24.2. The van der Waals surface area contributed by atoms with Crippen LogP contribution in [0.3, 0.4) is 0 Å². The van der Waals surface area contributed by atoms with Crippen molar-refractivity contribution in [3.05, 3.63) is 93.7 Å². The van der Waals surface area contributed by atoms with Gasteiger partial charge in [-0.2, -0.15) is 0 Å². The van der Waals surface area contributed by atoms with Crippen LogP contribution >= 0.6 is 11.3 Å². The molecule has 1 aromatic heterocycles. The van der Waals surface area contributed by atoms with E-state index in [1.807, 2.05) is 73.0 Å². The molecular weight excluding hydrogens is 474 g/mol. The van der Waals surface area contributed by atoms with E-state index < -0.39 is 11.8 Å². The second-order valence-electron chi connectivity index (χ2n) is 9.24. The molecule has 0 aliphatic carbocycles. The van der Waals surface area contributed by atoms with Gasteiger partial charge in [0.1, 0.15) is 11.8 Å². The van der Waals surface area contributed by atoms with Gasteiger partial charge in [-0.1, -0.05) is 54.6 Å². The Bertz CT molecular complexity index is 1240. The number of aryl methyl sites for hydroxylation is 1. The lowest BCUT2D eigenvalue weighted by Gasteiger charge is -2.44. The van der Waals surface area contributed by atoms with Gasteiger partial charge in [0, 0.05) is 38.0 Å². The molecule has 5 rings (SSSR count). The van der Waals surface area contributed by atoms with E-state index in [2.05, 4.69) is 5.32 Å². The fourth-order valence-electron chi connectivity index (χ4n) is 5.03.